The lowest BCUT2D eigenvalue weighted by atomic mass is 10.2. The van der Waals surface area contributed by atoms with Crippen LogP contribution in [0.1, 0.15) is 25.3 Å². The Labute approximate surface area is 130 Å². The lowest BCUT2D eigenvalue weighted by molar-refractivity contribution is 0.351. The number of methoxy groups -OCH3 is 2. The van der Waals surface area contributed by atoms with Crippen LogP contribution in [0.4, 0.5) is 0 Å². The first-order chi connectivity index (χ1) is 9.99. The van der Waals surface area contributed by atoms with Gasteiger partial charge < -0.3 is 9.47 Å². The monoisotopic (exact) mass is 333 g/mol. The van der Waals surface area contributed by atoms with E-state index in [9.17, 15) is 8.42 Å². The Morgan fingerprint density at radius 1 is 1.29 bits per heavy atom. The van der Waals surface area contributed by atoms with E-state index in [-0.39, 0.29) is 16.8 Å². The van der Waals surface area contributed by atoms with Crippen molar-refractivity contribution >= 4 is 21.6 Å². The lowest BCUT2D eigenvalue weighted by Gasteiger charge is -2.21. The van der Waals surface area contributed by atoms with Crippen molar-refractivity contribution in [3.63, 3.8) is 0 Å². The van der Waals surface area contributed by atoms with Crippen molar-refractivity contribution in [2.75, 3.05) is 20.8 Å². The van der Waals surface area contributed by atoms with Crippen LogP contribution in [0, 0.1) is 0 Å². The molecule has 1 aliphatic carbocycles. The summed E-state index contributed by atoms with van der Waals surface area (Å²) < 4.78 is 37.6. The molecule has 21 heavy (non-hydrogen) atoms. The van der Waals surface area contributed by atoms with Gasteiger partial charge in [0, 0.05) is 24.2 Å². The number of hydrogen-bond acceptors (Lipinski definition) is 4. The summed E-state index contributed by atoms with van der Waals surface area (Å²) in [7, 11) is -0.557. The summed E-state index contributed by atoms with van der Waals surface area (Å²) in [5.41, 5.74) is 0.601. The number of ether oxygens (including phenoxy) is 2. The predicted octanol–water partition coefficient (Wildman–Crippen LogP) is 2.62. The Morgan fingerprint density at radius 3 is 2.38 bits per heavy atom. The highest BCUT2D eigenvalue weighted by molar-refractivity contribution is 7.89. The van der Waals surface area contributed by atoms with Gasteiger partial charge in [-0.05, 0) is 18.9 Å². The van der Waals surface area contributed by atoms with Gasteiger partial charge in [-0.1, -0.05) is 6.92 Å². The zero-order valence-electron chi connectivity index (χ0n) is 12.4. The number of benzene rings is 1. The number of halogens is 1. The third-order valence-electron chi connectivity index (χ3n) is 3.55. The van der Waals surface area contributed by atoms with Crippen LogP contribution in [-0.4, -0.2) is 39.5 Å². The van der Waals surface area contributed by atoms with Gasteiger partial charge in [-0.15, -0.1) is 11.6 Å². The zero-order chi connectivity index (χ0) is 15.6. The molecule has 0 radical (unpaired) electrons. The molecule has 0 spiro atoms. The van der Waals surface area contributed by atoms with Crippen LogP contribution < -0.4 is 9.47 Å². The van der Waals surface area contributed by atoms with Crippen molar-refractivity contribution < 1.29 is 17.9 Å². The highest BCUT2D eigenvalue weighted by Crippen LogP contribution is 2.38. The maximum atomic E-state index is 12.8. The summed E-state index contributed by atoms with van der Waals surface area (Å²) in [5.74, 6) is 1.00. The minimum atomic E-state index is -3.54. The molecule has 0 aromatic heterocycles. The molecule has 5 nitrogen and oxygen atoms in total. The van der Waals surface area contributed by atoms with Gasteiger partial charge in [0.25, 0.3) is 0 Å². The second-order valence-electron chi connectivity index (χ2n) is 4.89. The summed E-state index contributed by atoms with van der Waals surface area (Å²) in [6, 6.07) is 3.18. The maximum Gasteiger partial charge on any atom is 0.243 e. The molecule has 0 bridgehead atoms. The molecule has 1 aliphatic rings. The third-order valence-corrected chi connectivity index (χ3v) is 5.84. The first-order valence-corrected chi connectivity index (χ1v) is 8.79. The Hall–Kier alpha value is -0.980. The molecule has 0 amide bonds. The molecule has 0 heterocycles. The van der Waals surface area contributed by atoms with E-state index < -0.39 is 10.0 Å². The first-order valence-electron chi connectivity index (χ1n) is 6.82. The van der Waals surface area contributed by atoms with E-state index in [0.717, 1.165) is 12.8 Å². The molecule has 0 atom stereocenters. The van der Waals surface area contributed by atoms with Crippen LogP contribution in [0.5, 0.6) is 11.5 Å². The fourth-order valence-electron chi connectivity index (χ4n) is 2.39. The normalized spacial score (nSPS) is 15.3. The highest BCUT2D eigenvalue weighted by Gasteiger charge is 2.37. The Kier molecular flexibility index (Phi) is 5.01. The molecule has 7 heteroatoms. The number of nitrogens with zero attached hydrogens (tertiary/aromatic N) is 1. The third kappa shape index (κ3) is 3.12. The Balaban J connectivity index is 2.52. The summed E-state index contributed by atoms with van der Waals surface area (Å²) in [6.45, 7) is 2.30. The standard InChI is InChI=1S/C14H20ClNO4S/c1-4-16(11-5-6-11)21(17,18)12-7-10(9-15)14(20-3)13(8-12)19-2/h7-8,11H,4-6,9H2,1-3H3. The largest absolute Gasteiger partial charge is 0.493 e. The average Bonchev–Trinajstić information content (AvgIpc) is 3.30. The van der Waals surface area contributed by atoms with E-state index in [0.29, 0.717) is 23.6 Å². The van der Waals surface area contributed by atoms with Crippen LogP contribution >= 0.6 is 11.6 Å². The molecule has 1 saturated carbocycles. The second-order valence-corrected chi connectivity index (χ2v) is 7.05. The average molecular weight is 334 g/mol. The Morgan fingerprint density at radius 2 is 1.95 bits per heavy atom. The van der Waals surface area contributed by atoms with Crippen molar-refractivity contribution in [3.05, 3.63) is 17.7 Å². The van der Waals surface area contributed by atoms with Crippen LogP contribution in [0.15, 0.2) is 17.0 Å². The van der Waals surface area contributed by atoms with E-state index in [1.54, 1.807) is 6.07 Å². The molecular formula is C14H20ClNO4S. The Bertz CT molecular complexity index is 588. The van der Waals surface area contributed by atoms with Crippen LogP contribution in [0.2, 0.25) is 0 Å². The molecule has 0 aliphatic heterocycles. The minimum Gasteiger partial charge on any atom is -0.493 e. The molecule has 1 aromatic rings. The van der Waals surface area contributed by atoms with Gasteiger partial charge in [-0.25, -0.2) is 8.42 Å². The fraction of sp³-hybridized carbons (Fsp3) is 0.571. The first kappa shape index (κ1) is 16.4. The van der Waals surface area contributed by atoms with E-state index in [1.807, 2.05) is 6.92 Å². The fourth-order valence-corrected chi connectivity index (χ4v) is 4.35. The van der Waals surface area contributed by atoms with E-state index in [4.69, 9.17) is 21.1 Å². The molecule has 118 valence electrons. The summed E-state index contributed by atoms with van der Waals surface area (Å²) in [6.07, 6.45) is 1.84. The van der Waals surface area contributed by atoms with Crippen molar-refractivity contribution in [1.29, 1.82) is 0 Å². The molecule has 1 fully saturated rings. The van der Waals surface area contributed by atoms with Crippen molar-refractivity contribution in [1.82, 2.24) is 4.31 Å². The molecule has 2 rings (SSSR count). The summed E-state index contributed by atoms with van der Waals surface area (Å²) in [4.78, 5) is 0.199. The van der Waals surface area contributed by atoms with Gasteiger partial charge in [-0.2, -0.15) is 4.31 Å². The maximum absolute atomic E-state index is 12.8. The van der Waals surface area contributed by atoms with Crippen molar-refractivity contribution in [2.45, 2.75) is 36.6 Å². The number of hydrogen-bond donors (Lipinski definition) is 0. The summed E-state index contributed by atoms with van der Waals surface area (Å²) >= 11 is 5.91. The zero-order valence-corrected chi connectivity index (χ0v) is 14.0. The smallest absolute Gasteiger partial charge is 0.243 e. The second kappa shape index (κ2) is 6.42. The molecule has 0 unspecified atom stereocenters. The molecule has 1 aromatic carbocycles. The highest BCUT2D eigenvalue weighted by atomic mass is 35.5. The minimum absolute atomic E-state index is 0.118. The van der Waals surface area contributed by atoms with Crippen LogP contribution in [0.3, 0.4) is 0 Å². The van der Waals surface area contributed by atoms with Gasteiger partial charge in [-0.3, -0.25) is 0 Å². The lowest BCUT2D eigenvalue weighted by Crippen LogP contribution is -2.33. The van der Waals surface area contributed by atoms with Gasteiger partial charge in [0.05, 0.1) is 25.0 Å². The molecular weight excluding hydrogens is 314 g/mol. The van der Waals surface area contributed by atoms with Crippen LogP contribution in [0.25, 0.3) is 0 Å². The predicted molar refractivity (Wildman–Crippen MR) is 81.7 cm³/mol. The quantitative estimate of drug-likeness (QED) is 0.720. The van der Waals surface area contributed by atoms with Gasteiger partial charge in [0.2, 0.25) is 10.0 Å². The SMILES string of the molecule is CCN(C1CC1)S(=O)(=O)c1cc(CCl)c(OC)c(OC)c1. The van der Waals surface area contributed by atoms with Crippen molar-refractivity contribution in [2.24, 2.45) is 0 Å². The van der Waals surface area contributed by atoms with Crippen LogP contribution in [-0.2, 0) is 15.9 Å². The van der Waals surface area contributed by atoms with Gasteiger partial charge in [0.1, 0.15) is 0 Å². The van der Waals surface area contributed by atoms with E-state index in [2.05, 4.69) is 0 Å². The van der Waals surface area contributed by atoms with Crippen molar-refractivity contribution in [3.8, 4) is 11.5 Å². The molecule has 0 saturated heterocycles. The van der Waals surface area contributed by atoms with Gasteiger partial charge >= 0.3 is 0 Å². The van der Waals surface area contributed by atoms with E-state index >= 15 is 0 Å². The van der Waals surface area contributed by atoms with Gasteiger partial charge in [0.15, 0.2) is 11.5 Å². The number of sulfonamides is 1. The number of rotatable bonds is 7. The topological polar surface area (TPSA) is 55.8 Å². The van der Waals surface area contributed by atoms with E-state index in [1.165, 1.54) is 24.6 Å². The number of alkyl halides is 1. The summed E-state index contributed by atoms with van der Waals surface area (Å²) in [5, 5.41) is 0. The molecule has 0 N–H and O–H groups in total.